The maximum absolute atomic E-state index is 12.7. The fraction of sp³-hybridized carbons (Fsp3) is 0.857. The van der Waals surface area contributed by atoms with E-state index < -0.39 is 23.3 Å². The summed E-state index contributed by atoms with van der Waals surface area (Å²) >= 11 is -0.683. The van der Waals surface area contributed by atoms with Gasteiger partial charge < -0.3 is 9.99 Å². The lowest BCUT2D eigenvalue weighted by atomic mass is 10.4. The lowest BCUT2D eigenvalue weighted by Crippen LogP contribution is -2.28. The van der Waals surface area contributed by atoms with Crippen LogP contribution in [0.3, 0.4) is 0 Å². The van der Waals surface area contributed by atoms with Crippen molar-refractivity contribution in [2.75, 3.05) is 6.61 Å². The van der Waals surface area contributed by atoms with Crippen molar-refractivity contribution in [3.05, 3.63) is 0 Å². The summed E-state index contributed by atoms with van der Waals surface area (Å²) in [6, 6.07) is 0. The van der Waals surface area contributed by atoms with Gasteiger partial charge in [-0.25, -0.2) is 4.79 Å². The van der Waals surface area contributed by atoms with Crippen LogP contribution in [0.5, 0.6) is 0 Å². The molecule has 0 aliphatic heterocycles. The molecular formula is C7H9F2O5S-. The highest BCUT2D eigenvalue weighted by atomic mass is 32.2. The number of carbonyl (C=O) groups is 1. The summed E-state index contributed by atoms with van der Waals surface area (Å²) in [5, 5.41) is 8.07. The van der Waals surface area contributed by atoms with Crippen LogP contribution in [-0.2, 0) is 18.9 Å². The molecule has 8 heteroatoms. The van der Waals surface area contributed by atoms with Crippen LogP contribution >= 0.6 is 12.0 Å². The standard InChI is InChI=1S/C7H10F2O5S/c1-4-2-5(4)3-12-6(10)7(8,9)15-14-13-11/h4-5,11H,2-3H2,1H3/p-1. The van der Waals surface area contributed by atoms with E-state index in [-0.39, 0.29) is 12.5 Å². The first-order valence-electron chi connectivity index (χ1n) is 4.16. The summed E-state index contributed by atoms with van der Waals surface area (Å²) in [7, 11) is 0. The van der Waals surface area contributed by atoms with Gasteiger partial charge in [-0.15, -0.1) is 0 Å². The van der Waals surface area contributed by atoms with Gasteiger partial charge in [-0.1, -0.05) is 6.92 Å². The van der Waals surface area contributed by atoms with E-state index in [0.717, 1.165) is 6.42 Å². The van der Waals surface area contributed by atoms with Crippen LogP contribution in [0.25, 0.3) is 0 Å². The minimum absolute atomic E-state index is 0.0334. The van der Waals surface area contributed by atoms with Crippen molar-refractivity contribution >= 4 is 18.0 Å². The molecule has 0 radical (unpaired) electrons. The Hall–Kier alpha value is -0.440. The molecule has 0 bridgehead atoms. The zero-order valence-corrected chi connectivity index (χ0v) is 8.59. The topological polar surface area (TPSA) is 67.8 Å². The van der Waals surface area contributed by atoms with Gasteiger partial charge in [-0.3, -0.25) is 5.04 Å². The summed E-state index contributed by atoms with van der Waals surface area (Å²) in [5.74, 6) is -1.17. The zero-order valence-electron chi connectivity index (χ0n) is 7.77. The Morgan fingerprint density at radius 3 is 2.73 bits per heavy atom. The average Bonchev–Trinajstić information content (AvgIpc) is 2.88. The molecule has 1 saturated carbocycles. The summed E-state index contributed by atoms with van der Waals surface area (Å²) in [6.45, 7) is 1.90. The van der Waals surface area contributed by atoms with Gasteiger partial charge >= 0.3 is 11.2 Å². The Labute approximate surface area is 88.7 Å². The molecule has 0 saturated heterocycles. The molecule has 0 heterocycles. The van der Waals surface area contributed by atoms with E-state index in [1.807, 2.05) is 6.92 Å². The molecule has 0 amide bonds. The third-order valence-electron chi connectivity index (χ3n) is 2.11. The number of carbonyl (C=O) groups excluding carboxylic acids is 1. The molecule has 1 fully saturated rings. The van der Waals surface area contributed by atoms with Crippen molar-refractivity contribution < 1.29 is 32.9 Å². The molecule has 2 unspecified atom stereocenters. The van der Waals surface area contributed by atoms with Crippen molar-refractivity contribution in [1.82, 2.24) is 0 Å². The molecule has 15 heavy (non-hydrogen) atoms. The fourth-order valence-electron chi connectivity index (χ4n) is 0.989. The van der Waals surface area contributed by atoms with Gasteiger partial charge in [0.25, 0.3) is 0 Å². The normalized spacial score (nSPS) is 25.1. The molecule has 2 atom stereocenters. The molecule has 88 valence electrons. The van der Waals surface area contributed by atoms with Gasteiger partial charge in [0, 0.05) is 0 Å². The maximum Gasteiger partial charge on any atom is 0.415 e. The van der Waals surface area contributed by atoms with E-state index >= 15 is 0 Å². The summed E-state index contributed by atoms with van der Waals surface area (Å²) < 4.78 is 33.2. The predicted molar refractivity (Wildman–Crippen MR) is 42.9 cm³/mol. The lowest BCUT2D eigenvalue weighted by molar-refractivity contribution is -0.777. The van der Waals surface area contributed by atoms with Crippen molar-refractivity contribution in [2.24, 2.45) is 11.8 Å². The molecule has 1 rings (SSSR count). The van der Waals surface area contributed by atoms with Crippen LogP contribution in [0, 0.1) is 11.8 Å². The van der Waals surface area contributed by atoms with Crippen LogP contribution in [0.1, 0.15) is 13.3 Å². The molecular weight excluding hydrogens is 234 g/mol. The van der Waals surface area contributed by atoms with E-state index in [0.29, 0.717) is 5.92 Å². The molecule has 1 aliphatic carbocycles. The van der Waals surface area contributed by atoms with Gasteiger partial charge in [-0.2, -0.15) is 13.1 Å². The molecule has 1 aliphatic rings. The largest absolute Gasteiger partial charge is 0.691 e. The number of halogens is 2. The predicted octanol–water partition coefficient (Wildman–Crippen LogP) is 0.650. The number of esters is 1. The van der Waals surface area contributed by atoms with Gasteiger partial charge in [0.15, 0.2) is 0 Å². The van der Waals surface area contributed by atoms with Crippen LogP contribution < -0.4 is 5.26 Å². The smallest absolute Gasteiger partial charge is 0.415 e. The van der Waals surface area contributed by atoms with Crippen LogP contribution in [0.2, 0.25) is 0 Å². The Balaban J connectivity index is 2.24. The quantitative estimate of drug-likeness (QED) is 0.295. The second-order valence-corrected chi connectivity index (χ2v) is 4.12. The minimum atomic E-state index is -3.93. The molecule has 0 N–H and O–H groups in total. The SMILES string of the molecule is CC1CC1COC(=O)C(F)(F)SOO[O-]. The van der Waals surface area contributed by atoms with Crippen LogP contribution in [0.15, 0.2) is 0 Å². The molecule has 0 aromatic carbocycles. The number of alkyl halides is 2. The summed E-state index contributed by atoms with van der Waals surface area (Å²) in [5.41, 5.74) is 0. The first-order valence-corrected chi connectivity index (χ1v) is 4.91. The average molecular weight is 243 g/mol. The molecule has 0 spiro atoms. The van der Waals surface area contributed by atoms with Crippen molar-refractivity contribution in [3.8, 4) is 0 Å². The van der Waals surface area contributed by atoms with Crippen LogP contribution in [-0.4, -0.2) is 17.8 Å². The minimum Gasteiger partial charge on any atom is -0.691 e. The van der Waals surface area contributed by atoms with E-state index in [4.69, 9.17) is 0 Å². The Kier molecular flexibility index (Phi) is 4.26. The summed E-state index contributed by atoms with van der Waals surface area (Å²) in [4.78, 5) is 10.8. The second-order valence-electron chi connectivity index (χ2n) is 3.31. The Bertz CT molecular complexity index is 237. The third-order valence-corrected chi connectivity index (χ3v) is 2.61. The number of hydrogen-bond acceptors (Lipinski definition) is 6. The first-order chi connectivity index (χ1) is 6.97. The fourth-order valence-corrected chi connectivity index (χ4v) is 1.23. The number of ether oxygens (including phenoxy) is 1. The van der Waals surface area contributed by atoms with Gasteiger partial charge in [0.2, 0.25) is 0 Å². The van der Waals surface area contributed by atoms with Gasteiger partial charge in [0.05, 0.1) is 6.61 Å². The maximum atomic E-state index is 12.7. The van der Waals surface area contributed by atoms with Crippen molar-refractivity contribution in [3.63, 3.8) is 0 Å². The molecule has 5 nitrogen and oxygen atoms in total. The highest BCUT2D eigenvalue weighted by molar-refractivity contribution is 7.96. The highest BCUT2D eigenvalue weighted by Gasteiger charge is 2.45. The highest BCUT2D eigenvalue weighted by Crippen LogP contribution is 2.38. The van der Waals surface area contributed by atoms with E-state index in [1.54, 1.807) is 0 Å². The monoisotopic (exact) mass is 243 g/mol. The summed E-state index contributed by atoms with van der Waals surface area (Å²) in [6.07, 6.45) is 0.867. The van der Waals surface area contributed by atoms with Crippen molar-refractivity contribution in [1.29, 1.82) is 0 Å². The van der Waals surface area contributed by atoms with Gasteiger partial charge in [0.1, 0.15) is 12.0 Å². The Morgan fingerprint density at radius 1 is 1.67 bits per heavy atom. The van der Waals surface area contributed by atoms with Crippen LogP contribution in [0.4, 0.5) is 8.78 Å². The van der Waals surface area contributed by atoms with Gasteiger partial charge in [-0.05, 0) is 18.3 Å². The van der Waals surface area contributed by atoms with E-state index in [1.165, 1.54) is 0 Å². The molecule has 0 aromatic rings. The first kappa shape index (κ1) is 12.6. The Morgan fingerprint density at radius 2 is 2.27 bits per heavy atom. The van der Waals surface area contributed by atoms with Crippen molar-refractivity contribution in [2.45, 2.75) is 18.6 Å². The lowest BCUT2D eigenvalue weighted by Gasteiger charge is -2.13. The third kappa shape index (κ3) is 3.90. The van der Waals surface area contributed by atoms with E-state index in [2.05, 4.69) is 14.1 Å². The van der Waals surface area contributed by atoms with E-state index in [9.17, 15) is 18.8 Å². The second kappa shape index (κ2) is 5.06. The molecule has 0 aromatic heterocycles. The zero-order chi connectivity index (χ0) is 11.5. The number of rotatable bonds is 6. The number of hydrogen-bond donors (Lipinski definition) is 0.